The van der Waals surface area contributed by atoms with Gasteiger partial charge in [-0.1, -0.05) is 48.5 Å². The normalized spacial score (nSPS) is 12.5. The Balaban J connectivity index is 2.85. The molecule has 0 fully saturated rings. The van der Waals surface area contributed by atoms with E-state index in [9.17, 15) is 0 Å². The molecular formula is C9H9ClS. The molecule has 0 heterocycles. The van der Waals surface area contributed by atoms with Crippen LogP contribution in [0.25, 0.3) is 0 Å². The fourth-order valence-corrected chi connectivity index (χ4v) is 1.11. The predicted molar refractivity (Wildman–Crippen MR) is 53.2 cm³/mol. The van der Waals surface area contributed by atoms with Gasteiger partial charge in [0.1, 0.15) is 0 Å². The number of thiol groups is 1. The molecule has 0 saturated carbocycles. The lowest BCUT2D eigenvalue weighted by atomic mass is 10.1. The zero-order valence-electron chi connectivity index (χ0n) is 6.00. The highest BCUT2D eigenvalue weighted by Crippen LogP contribution is 2.28. The third kappa shape index (κ3) is 2.28. The van der Waals surface area contributed by atoms with Crippen LogP contribution in [0.3, 0.4) is 0 Å². The van der Waals surface area contributed by atoms with Gasteiger partial charge in [-0.05, 0) is 5.56 Å². The van der Waals surface area contributed by atoms with Crippen LogP contribution < -0.4 is 0 Å². The molecule has 1 aromatic carbocycles. The van der Waals surface area contributed by atoms with Crippen LogP contribution in [0.2, 0.25) is 0 Å². The first kappa shape index (κ1) is 8.69. The lowest BCUT2D eigenvalue weighted by Gasteiger charge is -2.07. The smallest absolute Gasteiger partial charge is 0.0617 e. The van der Waals surface area contributed by atoms with Gasteiger partial charge in [0.25, 0.3) is 0 Å². The van der Waals surface area contributed by atoms with E-state index in [1.54, 1.807) is 0 Å². The molecule has 0 spiro atoms. The molecule has 0 N–H and O–H groups in total. The maximum Gasteiger partial charge on any atom is 0.0617 e. The molecule has 0 aliphatic rings. The van der Waals surface area contributed by atoms with E-state index in [0.717, 1.165) is 5.56 Å². The summed E-state index contributed by atoms with van der Waals surface area (Å²) in [6, 6.07) is 9.83. The second-order valence-corrected chi connectivity index (χ2v) is 3.26. The standard InChI is InChI=1S/C9H9ClS/c1-7(10)9(11)8-5-3-2-4-6-8/h2-6,9,11H,1H2. The molecule has 11 heavy (non-hydrogen) atoms. The Labute approximate surface area is 77.3 Å². The highest BCUT2D eigenvalue weighted by atomic mass is 35.5. The van der Waals surface area contributed by atoms with Crippen molar-refractivity contribution in [3.8, 4) is 0 Å². The SMILES string of the molecule is C=C(Cl)C(S)c1ccccc1. The summed E-state index contributed by atoms with van der Waals surface area (Å²) in [6.45, 7) is 3.62. The fraction of sp³-hybridized carbons (Fsp3) is 0.111. The Kier molecular flexibility index (Phi) is 3.03. The Morgan fingerprint density at radius 1 is 1.36 bits per heavy atom. The van der Waals surface area contributed by atoms with E-state index in [1.165, 1.54) is 0 Å². The van der Waals surface area contributed by atoms with Gasteiger partial charge in [0.2, 0.25) is 0 Å². The molecule has 0 aliphatic carbocycles. The monoisotopic (exact) mass is 184 g/mol. The molecule has 0 aliphatic heterocycles. The summed E-state index contributed by atoms with van der Waals surface area (Å²) in [5.74, 6) is 0. The highest BCUT2D eigenvalue weighted by Gasteiger charge is 2.06. The molecule has 0 aromatic heterocycles. The van der Waals surface area contributed by atoms with Crippen LogP contribution in [0.1, 0.15) is 10.8 Å². The predicted octanol–water partition coefficient (Wildman–Crippen LogP) is 3.41. The van der Waals surface area contributed by atoms with E-state index in [4.69, 9.17) is 11.6 Å². The van der Waals surface area contributed by atoms with Gasteiger partial charge in [-0.3, -0.25) is 0 Å². The molecule has 1 atom stereocenters. The molecule has 0 saturated heterocycles. The summed E-state index contributed by atoms with van der Waals surface area (Å²) in [5.41, 5.74) is 1.08. The van der Waals surface area contributed by atoms with E-state index in [0.29, 0.717) is 5.03 Å². The van der Waals surface area contributed by atoms with E-state index >= 15 is 0 Å². The van der Waals surface area contributed by atoms with Crippen molar-refractivity contribution in [2.45, 2.75) is 5.25 Å². The van der Waals surface area contributed by atoms with Crippen molar-refractivity contribution in [1.29, 1.82) is 0 Å². The molecule has 0 nitrogen and oxygen atoms in total. The summed E-state index contributed by atoms with van der Waals surface area (Å²) >= 11 is 9.97. The van der Waals surface area contributed by atoms with Gasteiger partial charge in [0, 0.05) is 5.03 Å². The molecule has 1 unspecified atom stereocenters. The first-order valence-corrected chi connectivity index (χ1v) is 4.18. The molecule has 58 valence electrons. The van der Waals surface area contributed by atoms with Crippen LogP contribution in [0.4, 0.5) is 0 Å². The van der Waals surface area contributed by atoms with Crippen molar-refractivity contribution in [3.63, 3.8) is 0 Å². The topological polar surface area (TPSA) is 0 Å². The average molecular weight is 185 g/mol. The van der Waals surface area contributed by atoms with Crippen LogP contribution in [-0.4, -0.2) is 0 Å². The zero-order chi connectivity index (χ0) is 8.27. The minimum atomic E-state index is -0.0575. The Morgan fingerprint density at radius 3 is 2.36 bits per heavy atom. The molecular weight excluding hydrogens is 176 g/mol. The van der Waals surface area contributed by atoms with Gasteiger partial charge in [-0.2, -0.15) is 12.6 Å². The Bertz CT molecular complexity index is 243. The van der Waals surface area contributed by atoms with E-state index < -0.39 is 0 Å². The molecule has 0 radical (unpaired) electrons. The van der Waals surface area contributed by atoms with Gasteiger partial charge >= 0.3 is 0 Å². The lowest BCUT2D eigenvalue weighted by Crippen LogP contribution is -1.87. The lowest BCUT2D eigenvalue weighted by molar-refractivity contribution is 1.22. The first-order valence-electron chi connectivity index (χ1n) is 3.29. The van der Waals surface area contributed by atoms with Gasteiger partial charge < -0.3 is 0 Å². The fourth-order valence-electron chi connectivity index (χ4n) is 0.816. The number of rotatable bonds is 2. The number of halogens is 1. The number of hydrogen-bond acceptors (Lipinski definition) is 1. The van der Waals surface area contributed by atoms with Crippen LogP contribution in [0, 0.1) is 0 Å². The van der Waals surface area contributed by atoms with Gasteiger partial charge in [-0.15, -0.1) is 0 Å². The summed E-state index contributed by atoms with van der Waals surface area (Å²) in [6.07, 6.45) is 0. The maximum atomic E-state index is 5.69. The number of hydrogen-bond donors (Lipinski definition) is 1. The molecule has 0 amide bonds. The van der Waals surface area contributed by atoms with Gasteiger partial charge in [0.05, 0.1) is 5.25 Å². The van der Waals surface area contributed by atoms with Crippen molar-refractivity contribution in [1.82, 2.24) is 0 Å². The van der Waals surface area contributed by atoms with Crippen LogP contribution in [-0.2, 0) is 0 Å². The van der Waals surface area contributed by atoms with Crippen molar-refractivity contribution in [2.75, 3.05) is 0 Å². The van der Waals surface area contributed by atoms with Gasteiger partial charge in [0.15, 0.2) is 0 Å². The molecule has 2 heteroatoms. The second kappa shape index (κ2) is 3.84. The summed E-state index contributed by atoms with van der Waals surface area (Å²) in [4.78, 5) is 0. The summed E-state index contributed by atoms with van der Waals surface area (Å²) in [5, 5.41) is 0.498. The highest BCUT2D eigenvalue weighted by molar-refractivity contribution is 7.80. The Hall–Kier alpha value is -0.400. The minimum Gasteiger partial charge on any atom is -0.165 e. The third-order valence-corrected chi connectivity index (χ3v) is 2.39. The third-order valence-electron chi connectivity index (χ3n) is 1.41. The van der Waals surface area contributed by atoms with E-state index in [1.807, 2.05) is 30.3 Å². The van der Waals surface area contributed by atoms with Crippen molar-refractivity contribution in [3.05, 3.63) is 47.5 Å². The summed E-state index contributed by atoms with van der Waals surface area (Å²) < 4.78 is 0. The van der Waals surface area contributed by atoms with Crippen molar-refractivity contribution in [2.24, 2.45) is 0 Å². The van der Waals surface area contributed by atoms with E-state index in [-0.39, 0.29) is 5.25 Å². The van der Waals surface area contributed by atoms with Crippen LogP contribution in [0.5, 0.6) is 0 Å². The quantitative estimate of drug-likeness (QED) is 0.670. The largest absolute Gasteiger partial charge is 0.165 e. The van der Waals surface area contributed by atoms with E-state index in [2.05, 4.69) is 19.2 Å². The molecule has 1 aromatic rings. The Morgan fingerprint density at radius 2 is 1.91 bits per heavy atom. The van der Waals surface area contributed by atoms with Crippen LogP contribution >= 0.6 is 24.2 Å². The second-order valence-electron chi connectivity index (χ2n) is 2.26. The zero-order valence-corrected chi connectivity index (χ0v) is 7.65. The molecule has 1 rings (SSSR count). The van der Waals surface area contributed by atoms with Crippen molar-refractivity contribution >= 4 is 24.2 Å². The first-order chi connectivity index (χ1) is 5.22. The number of benzene rings is 1. The minimum absolute atomic E-state index is 0.0575. The van der Waals surface area contributed by atoms with Crippen LogP contribution in [0.15, 0.2) is 41.9 Å². The van der Waals surface area contributed by atoms with Crippen molar-refractivity contribution < 1.29 is 0 Å². The average Bonchev–Trinajstić information content (AvgIpc) is 2.05. The summed E-state index contributed by atoms with van der Waals surface area (Å²) in [7, 11) is 0. The van der Waals surface area contributed by atoms with Gasteiger partial charge in [-0.25, -0.2) is 0 Å². The maximum absolute atomic E-state index is 5.69. The molecule has 0 bridgehead atoms.